The number of unbranched alkanes of at least 4 members (excludes halogenated alkanes) is 14. The lowest BCUT2D eigenvalue weighted by Crippen LogP contribution is -2.03. The molecule has 0 atom stereocenters. The van der Waals surface area contributed by atoms with Gasteiger partial charge in [-0.15, -0.1) is 0 Å². The van der Waals surface area contributed by atoms with Crippen molar-refractivity contribution in [3.05, 3.63) is 59.7 Å². The number of carbonyl (C=O) groups excluding carboxylic acids is 1. The van der Waals surface area contributed by atoms with E-state index in [2.05, 4.69) is 13.8 Å². The molecule has 0 radical (unpaired) electrons. The normalized spacial score (nSPS) is 10.9. The van der Waals surface area contributed by atoms with Gasteiger partial charge in [0.2, 0.25) is 0 Å². The van der Waals surface area contributed by atoms with E-state index in [4.69, 9.17) is 9.47 Å². The molecule has 0 aliphatic heterocycles. The van der Waals surface area contributed by atoms with Crippen LogP contribution < -0.4 is 9.47 Å². The van der Waals surface area contributed by atoms with Crippen LogP contribution in [0.15, 0.2) is 48.5 Å². The fourth-order valence-electron chi connectivity index (χ4n) is 4.42. The van der Waals surface area contributed by atoms with E-state index in [1.807, 2.05) is 48.5 Å². The van der Waals surface area contributed by atoms with Crippen LogP contribution in [0.2, 0.25) is 0 Å². The van der Waals surface area contributed by atoms with Gasteiger partial charge in [0, 0.05) is 11.1 Å². The van der Waals surface area contributed by atoms with Crippen molar-refractivity contribution in [3.8, 4) is 11.5 Å². The molecule has 200 valence electrons. The van der Waals surface area contributed by atoms with Gasteiger partial charge in [0.05, 0.1) is 13.2 Å². The molecule has 0 aliphatic rings. The van der Waals surface area contributed by atoms with Gasteiger partial charge in [0.25, 0.3) is 0 Å². The summed E-state index contributed by atoms with van der Waals surface area (Å²) in [5, 5.41) is 0. The topological polar surface area (TPSA) is 35.5 Å². The average Bonchev–Trinajstić information content (AvgIpc) is 2.91. The second-order valence-corrected chi connectivity index (χ2v) is 10.0. The van der Waals surface area contributed by atoms with Crippen molar-refractivity contribution in [3.63, 3.8) is 0 Å². The highest BCUT2D eigenvalue weighted by molar-refractivity contribution is 6.09. The molecule has 0 aliphatic carbocycles. The van der Waals surface area contributed by atoms with Crippen molar-refractivity contribution in [2.45, 2.75) is 117 Å². The first-order valence-corrected chi connectivity index (χ1v) is 14.7. The minimum absolute atomic E-state index is 0.0271. The molecule has 2 aromatic rings. The van der Waals surface area contributed by atoms with Crippen molar-refractivity contribution >= 4 is 5.78 Å². The van der Waals surface area contributed by atoms with Gasteiger partial charge >= 0.3 is 0 Å². The third kappa shape index (κ3) is 13.1. The Morgan fingerprint density at radius 1 is 0.472 bits per heavy atom. The van der Waals surface area contributed by atoms with Crippen molar-refractivity contribution in [2.75, 3.05) is 13.2 Å². The fourth-order valence-corrected chi connectivity index (χ4v) is 4.42. The molecular formula is C33H50O3. The molecule has 0 bridgehead atoms. The predicted octanol–water partition coefficient (Wildman–Crippen LogP) is 9.96. The van der Waals surface area contributed by atoms with Crippen LogP contribution in [0, 0.1) is 0 Å². The zero-order valence-corrected chi connectivity index (χ0v) is 23.1. The molecule has 2 rings (SSSR count). The second kappa shape index (κ2) is 19.8. The van der Waals surface area contributed by atoms with Gasteiger partial charge < -0.3 is 9.47 Å². The number of hydrogen-bond donors (Lipinski definition) is 0. The largest absolute Gasteiger partial charge is 0.494 e. The van der Waals surface area contributed by atoms with E-state index >= 15 is 0 Å². The molecule has 0 aromatic heterocycles. The van der Waals surface area contributed by atoms with Gasteiger partial charge in [-0.25, -0.2) is 0 Å². The summed E-state index contributed by atoms with van der Waals surface area (Å²) in [6, 6.07) is 15.0. The van der Waals surface area contributed by atoms with Crippen molar-refractivity contribution in [1.29, 1.82) is 0 Å². The Hall–Kier alpha value is -2.29. The van der Waals surface area contributed by atoms with E-state index in [0.717, 1.165) is 37.6 Å². The summed E-state index contributed by atoms with van der Waals surface area (Å²) in [5.74, 6) is 1.69. The van der Waals surface area contributed by atoms with Gasteiger partial charge in [-0.1, -0.05) is 104 Å². The predicted molar refractivity (Wildman–Crippen MR) is 153 cm³/mol. The first-order valence-electron chi connectivity index (χ1n) is 14.7. The number of rotatable bonds is 22. The Morgan fingerprint density at radius 3 is 1.11 bits per heavy atom. The Labute approximate surface area is 221 Å². The maximum Gasteiger partial charge on any atom is 0.193 e. The zero-order valence-electron chi connectivity index (χ0n) is 23.1. The standard InChI is InChI=1S/C33H50O3/c1-3-5-7-9-11-13-15-17-27-35-31-23-19-29(20-24-31)33(34)30-21-25-32(26-22-30)36-28-18-16-14-12-10-8-6-4-2/h19-26H,3-18,27-28H2,1-2H3. The molecule has 36 heavy (non-hydrogen) atoms. The van der Waals surface area contributed by atoms with Gasteiger partial charge in [-0.2, -0.15) is 0 Å². The monoisotopic (exact) mass is 494 g/mol. The summed E-state index contributed by atoms with van der Waals surface area (Å²) >= 11 is 0. The summed E-state index contributed by atoms with van der Waals surface area (Å²) in [7, 11) is 0. The molecule has 0 saturated carbocycles. The van der Waals surface area contributed by atoms with E-state index in [0.29, 0.717) is 11.1 Å². The third-order valence-electron chi connectivity index (χ3n) is 6.77. The second-order valence-electron chi connectivity index (χ2n) is 10.0. The highest BCUT2D eigenvalue weighted by Crippen LogP contribution is 2.19. The Balaban J connectivity index is 1.61. The molecule has 0 saturated heterocycles. The molecule has 0 spiro atoms. The maximum absolute atomic E-state index is 12.8. The van der Waals surface area contributed by atoms with Gasteiger partial charge in [0.15, 0.2) is 5.78 Å². The van der Waals surface area contributed by atoms with E-state index in [1.165, 1.54) is 89.9 Å². The summed E-state index contributed by atoms with van der Waals surface area (Å²) < 4.78 is 11.7. The smallest absolute Gasteiger partial charge is 0.193 e. The van der Waals surface area contributed by atoms with E-state index < -0.39 is 0 Å². The number of ketones is 1. The molecule has 2 aromatic carbocycles. The van der Waals surface area contributed by atoms with Crippen LogP contribution in [-0.4, -0.2) is 19.0 Å². The number of hydrogen-bond acceptors (Lipinski definition) is 3. The first kappa shape index (κ1) is 29.9. The Morgan fingerprint density at radius 2 is 0.778 bits per heavy atom. The van der Waals surface area contributed by atoms with Crippen LogP contribution >= 0.6 is 0 Å². The summed E-state index contributed by atoms with van der Waals surface area (Å²) in [5.41, 5.74) is 1.36. The third-order valence-corrected chi connectivity index (χ3v) is 6.77. The highest BCUT2D eigenvalue weighted by atomic mass is 16.5. The van der Waals surface area contributed by atoms with Crippen LogP contribution in [0.5, 0.6) is 11.5 Å². The number of benzene rings is 2. The van der Waals surface area contributed by atoms with E-state index in [9.17, 15) is 4.79 Å². The average molecular weight is 495 g/mol. The van der Waals surface area contributed by atoms with Crippen molar-refractivity contribution < 1.29 is 14.3 Å². The van der Waals surface area contributed by atoms with Crippen LogP contribution in [0.1, 0.15) is 133 Å². The van der Waals surface area contributed by atoms with E-state index in [-0.39, 0.29) is 5.78 Å². The molecule has 0 N–H and O–H groups in total. The summed E-state index contributed by atoms with van der Waals surface area (Å²) in [6.45, 7) is 5.99. The quantitative estimate of drug-likeness (QED) is 0.121. The van der Waals surface area contributed by atoms with Gasteiger partial charge in [-0.05, 0) is 61.4 Å². The van der Waals surface area contributed by atoms with Crippen LogP contribution in [0.4, 0.5) is 0 Å². The molecule has 0 unspecified atom stereocenters. The summed E-state index contributed by atoms with van der Waals surface area (Å²) in [4.78, 5) is 12.8. The highest BCUT2D eigenvalue weighted by Gasteiger charge is 2.09. The van der Waals surface area contributed by atoms with Crippen LogP contribution in [0.25, 0.3) is 0 Å². The molecule has 0 fully saturated rings. The first-order chi connectivity index (χ1) is 17.7. The lowest BCUT2D eigenvalue weighted by Gasteiger charge is -2.09. The fraction of sp³-hybridized carbons (Fsp3) is 0.606. The SMILES string of the molecule is CCCCCCCCCCOc1ccc(C(=O)c2ccc(OCCCCCCCCCC)cc2)cc1. The molecule has 3 heteroatoms. The minimum atomic E-state index is 0.0271. The minimum Gasteiger partial charge on any atom is -0.494 e. The molecule has 0 heterocycles. The van der Waals surface area contributed by atoms with Crippen LogP contribution in [-0.2, 0) is 0 Å². The number of ether oxygens (including phenoxy) is 2. The number of carbonyl (C=O) groups is 1. The molecule has 0 amide bonds. The lowest BCUT2D eigenvalue weighted by molar-refractivity contribution is 0.103. The summed E-state index contributed by atoms with van der Waals surface area (Å²) in [6.07, 6.45) is 20.7. The molecular weight excluding hydrogens is 444 g/mol. The Bertz CT molecular complexity index is 727. The van der Waals surface area contributed by atoms with Crippen LogP contribution in [0.3, 0.4) is 0 Å². The van der Waals surface area contributed by atoms with Crippen molar-refractivity contribution in [2.24, 2.45) is 0 Å². The molecule has 3 nitrogen and oxygen atoms in total. The van der Waals surface area contributed by atoms with E-state index in [1.54, 1.807) is 0 Å². The van der Waals surface area contributed by atoms with Crippen molar-refractivity contribution in [1.82, 2.24) is 0 Å². The lowest BCUT2D eigenvalue weighted by atomic mass is 10.0. The van der Waals surface area contributed by atoms with Gasteiger partial charge in [0.1, 0.15) is 11.5 Å². The Kier molecular flexibility index (Phi) is 16.5. The maximum atomic E-state index is 12.8. The van der Waals surface area contributed by atoms with Gasteiger partial charge in [-0.3, -0.25) is 4.79 Å². The zero-order chi connectivity index (χ0) is 25.7.